The molecule has 0 saturated heterocycles. The third kappa shape index (κ3) is 3.50. The predicted molar refractivity (Wildman–Crippen MR) is 103 cm³/mol. The quantitative estimate of drug-likeness (QED) is 0.495. The lowest BCUT2D eigenvalue weighted by atomic mass is 9.88. The molecule has 4 rings (SSSR count). The van der Waals surface area contributed by atoms with E-state index in [1.165, 1.54) is 17.1 Å². The molecule has 2 bridgehead atoms. The van der Waals surface area contributed by atoms with Crippen LogP contribution in [0, 0.1) is 17.8 Å². The van der Waals surface area contributed by atoms with Crippen molar-refractivity contribution < 1.29 is 9.59 Å². The Balaban J connectivity index is 1.51. The lowest BCUT2D eigenvalue weighted by molar-refractivity contribution is -0.122. The number of carbonyl (C=O) groups excluding carboxylic acids is 2. The number of aromatic nitrogens is 4. The Morgan fingerprint density at radius 2 is 2.04 bits per heavy atom. The summed E-state index contributed by atoms with van der Waals surface area (Å²) in [5.74, 6) is -0.0657. The molecular weight excluding hydrogens is 384 g/mol. The molecule has 0 radical (unpaired) electrons. The van der Waals surface area contributed by atoms with E-state index in [0.717, 1.165) is 6.42 Å². The number of nitrogens with zero attached hydrogens (tertiary/aromatic N) is 4. The number of nitrogens with two attached hydrogens (primary N) is 2. The number of nitrogens with one attached hydrogen (secondary N) is 2. The fourth-order valence-corrected chi connectivity index (χ4v) is 4.04. The van der Waals surface area contributed by atoms with Crippen molar-refractivity contribution in [3.05, 3.63) is 35.8 Å². The van der Waals surface area contributed by atoms with Crippen molar-refractivity contribution in [2.45, 2.75) is 19.0 Å². The molecule has 0 unspecified atom stereocenters. The van der Waals surface area contributed by atoms with E-state index in [1.807, 2.05) is 0 Å². The highest BCUT2D eigenvalue weighted by molar-refractivity contribution is 6.32. The highest BCUT2D eigenvalue weighted by atomic mass is 35.5. The van der Waals surface area contributed by atoms with Gasteiger partial charge in [-0.15, -0.1) is 0 Å². The van der Waals surface area contributed by atoms with Gasteiger partial charge in [-0.3, -0.25) is 14.3 Å². The Hall–Kier alpha value is -3.14. The number of carbonyl (C=O) groups is 2. The van der Waals surface area contributed by atoms with Crippen LogP contribution in [0.15, 0.2) is 30.7 Å². The normalized spacial score (nSPS) is 25.0. The minimum Gasteiger partial charge on any atom is -0.369 e. The molecule has 0 spiro atoms. The fraction of sp³-hybridized carbons (Fsp3) is 0.353. The second kappa shape index (κ2) is 7.12. The Morgan fingerprint density at radius 1 is 1.25 bits per heavy atom. The summed E-state index contributed by atoms with van der Waals surface area (Å²) >= 11 is 6.25. The van der Waals surface area contributed by atoms with Crippen molar-refractivity contribution in [3.63, 3.8) is 0 Å². The maximum Gasteiger partial charge on any atom is 0.239 e. The standard InChI is InChI=1S/C17H19ClN8O2/c18-11-5-21-17(23-10-4-22-26(6-10)7-12(19)27)25-16(11)24-14-9-2-1-8(3-9)13(14)15(20)28/h1-2,4-6,8-9,13-14H,3,7H2,(H2,19,27)(H2,20,28)(H2,21,23,24,25)/t8-,9-,13-,14+/m0/s1. The summed E-state index contributed by atoms with van der Waals surface area (Å²) in [6.07, 6.45) is 9.64. The van der Waals surface area contributed by atoms with Crippen LogP contribution in [-0.2, 0) is 16.1 Å². The molecule has 2 aliphatic rings. The summed E-state index contributed by atoms with van der Waals surface area (Å²) in [6, 6.07) is -0.161. The summed E-state index contributed by atoms with van der Waals surface area (Å²) in [4.78, 5) is 31.4. The molecule has 2 aromatic heterocycles. The van der Waals surface area contributed by atoms with E-state index >= 15 is 0 Å². The van der Waals surface area contributed by atoms with Gasteiger partial charge in [0, 0.05) is 12.2 Å². The van der Waals surface area contributed by atoms with Crippen molar-refractivity contribution in [1.29, 1.82) is 0 Å². The van der Waals surface area contributed by atoms with Gasteiger partial charge in [0.1, 0.15) is 11.6 Å². The van der Waals surface area contributed by atoms with E-state index in [1.54, 1.807) is 6.20 Å². The van der Waals surface area contributed by atoms with Gasteiger partial charge in [-0.1, -0.05) is 23.8 Å². The van der Waals surface area contributed by atoms with E-state index in [4.69, 9.17) is 23.1 Å². The van der Waals surface area contributed by atoms with Crippen molar-refractivity contribution >= 4 is 40.9 Å². The first kappa shape index (κ1) is 18.2. The predicted octanol–water partition coefficient (Wildman–Crippen LogP) is 0.643. The highest BCUT2D eigenvalue weighted by Crippen LogP contribution is 2.45. The molecule has 2 aliphatic carbocycles. The largest absolute Gasteiger partial charge is 0.369 e. The first-order chi connectivity index (χ1) is 13.4. The van der Waals surface area contributed by atoms with Crippen LogP contribution in [0.1, 0.15) is 6.42 Å². The molecule has 2 aromatic rings. The van der Waals surface area contributed by atoms with Crippen LogP contribution in [0.25, 0.3) is 0 Å². The summed E-state index contributed by atoms with van der Waals surface area (Å²) in [5, 5.41) is 10.6. The van der Waals surface area contributed by atoms with Crippen molar-refractivity contribution in [3.8, 4) is 0 Å². The Kier molecular flexibility index (Phi) is 4.63. The number of primary amides is 2. The molecular formula is C17H19ClN8O2. The zero-order valence-electron chi connectivity index (χ0n) is 14.7. The van der Waals surface area contributed by atoms with Crippen molar-refractivity contribution in [1.82, 2.24) is 19.7 Å². The number of allylic oxidation sites excluding steroid dienone is 1. The van der Waals surface area contributed by atoms with Gasteiger partial charge in [0.2, 0.25) is 17.8 Å². The van der Waals surface area contributed by atoms with E-state index in [2.05, 4.69) is 37.9 Å². The lowest BCUT2D eigenvalue weighted by Crippen LogP contribution is -2.41. The van der Waals surface area contributed by atoms with Gasteiger partial charge in [0.15, 0.2) is 5.82 Å². The summed E-state index contributed by atoms with van der Waals surface area (Å²) in [6.45, 7) is -0.0256. The number of anilines is 3. The van der Waals surface area contributed by atoms with E-state index in [-0.39, 0.29) is 36.2 Å². The Bertz CT molecular complexity index is 958. The van der Waals surface area contributed by atoms with Gasteiger partial charge >= 0.3 is 0 Å². The van der Waals surface area contributed by atoms with Crippen LogP contribution >= 0.6 is 11.6 Å². The monoisotopic (exact) mass is 402 g/mol. The SMILES string of the molecule is NC(=O)Cn1cc(Nc2ncc(Cl)c(N[C@H]3[C@@H](C(N)=O)[C@H]4C=C[C@H]3C4)n2)cn1. The summed E-state index contributed by atoms with van der Waals surface area (Å²) in [7, 11) is 0. The maximum absolute atomic E-state index is 11.9. The molecule has 1 saturated carbocycles. The van der Waals surface area contributed by atoms with Crippen LogP contribution in [0.3, 0.4) is 0 Å². The number of rotatable bonds is 7. The van der Waals surface area contributed by atoms with Crippen molar-refractivity contribution in [2.75, 3.05) is 10.6 Å². The average Bonchev–Trinajstić information content (AvgIpc) is 3.33. The zero-order chi connectivity index (χ0) is 19.8. The minimum absolute atomic E-state index is 0.0256. The highest BCUT2D eigenvalue weighted by Gasteiger charge is 2.47. The van der Waals surface area contributed by atoms with E-state index in [0.29, 0.717) is 22.5 Å². The number of hydrogen-bond donors (Lipinski definition) is 4. The topological polar surface area (TPSA) is 154 Å². The zero-order valence-corrected chi connectivity index (χ0v) is 15.5. The Labute approximate surface area is 165 Å². The van der Waals surface area contributed by atoms with Crippen LogP contribution in [0.2, 0.25) is 5.02 Å². The summed E-state index contributed by atoms with van der Waals surface area (Å²) < 4.78 is 1.40. The molecule has 10 nitrogen and oxygen atoms in total. The van der Waals surface area contributed by atoms with E-state index < -0.39 is 5.91 Å². The number of fused-ring (bicyclic) bond motifs is 2. The van der Waals surface area contributed by atoms with Gasteiger partial charge < -0.3 is 22.1 Å². The molecule has 28 heavy (non-hydrogen) atoms. The summed E-state index contributed by atoms with van der Waals surface area (Å²) in [5.41, 5.74) is 11.3. The number of hydrogen-bond acceptors (Lipinski definition) is 7. The second-order valence-electron chi connectivity index (χ2n) is 6.95. The van der Waals surface area contributed by atoms with Gasteiger partial charge in [0.05, 0.1) is 24.0 Å². The van der Waals surface area contributed by atoms with Gasteiger partial charge in [0.25, 0.3) is 0 Å². The molecule has 1 fully saturated rings. The van der Waals surface area contributed by atoms with Crippen molar-refractivity contribution in [2.24, 2.45) is 29.2 Å². The first-order valence-corrected chi connectivity index (χ1v) is 9.13. The lowest BCUT2D eigenvalue weighted by Gasteiger charge is -2.27. The fourth-order valence-electron chi connectivity index (χ4n) is 3.90. The molecule has 146 valence electrons. The average molecular weight is 403 g/mol. The number of amides is 2. The minimum atomic E-state index is -0.493. The first-order valence-electron chi connectivity index (χ1n) is 8.75. The van der Waals surface area contributed by atoms with Gasteiger partial charge in [-0.25, -0.2) is 4.98 Å². The van der Waals surface area contributed by atoms with Gasteiger partial charge in [-0.05, 0) is 18.3 Å². The van der Waals surface area contributed by atoms with E-state index in [9.17, 15) is 9.59 Å². The van der Waals surface area contributed by atoms with Crippen LogP contribution in [0.4, 0.5) is 17.5 Å². The second-order valence-corrected chi connectivity index (χ2v) is 7.36. The molecule has 0 aliphatic heterocycles. The molecule has 4 atom stereocenters. The molecule has 6 N–H and O–H groups in total. The number of halogens is 1. The molecule has 2 amide bonds. The van der Waals surface area contributed by atoms with Gasteiger partial charge in [-0.2, -0.15) is 10.1 Å². The third-order valence-corrected chi connectivity index (χ3v) is 5.32. The molecule has 2 heterocycles. The Morgan fingerprint density at radius 3 is 2.79 bits per heavy atom. The van der Waals surface area contributed by atoms with Crippen LogP contribution < -0.4 is 22.1 Å². The molecule has 0 aromatic carbocycles. The third-order valence-electron chi connectivity index (χ3n) is 5.04. The molecule has 11 heteroatoms. The maximum atomic E-state index is 11.9. The van der Waals surface area contributed by atoms with Crippen LogP contribution in [0.5, 0.6) is 0 Å². The smallest absolute Gasteiger partial charge is 0.239 e. The van der Waals surface area contributed by atoms with Crippen LogP contribution in [-0.4, -0.2) is 37.6 Å².